The molecular formula is C14H22N2O2S. The number of rotatable bonds is 3. The van der Waals surface area contributed by atoms with Crippen LogP contribution < -0.4 is 10.1 Å². The minimum Gasteiger partial charge on any atom is -0.495 e. The van der Waals surface area contributed by atoms with Gasteiger partial charge < -0.3 is 15.0 Å². The summed E-state index contributed by atoms with van der Waals surface area (Å²) in [6, 6.07) is 2.44. The van der Waals surface area contributed by atoms with E-state index in [9.17, 15) is 4.79 Å². The largest absolute Gasteiger partial charge is 0.495 e. The van der Waals surface area contributed by atoms with Gasteiger partial charge in [-0.2, -0.15) is 0 Å². The van der Waals surface area contributed by atoms with Crippen LogP contribution in [-0.4, -0.2) is 43.1 Å². The molecule has 1 aliphatic rings. The van der Waals surface area contributed by atoms with Crippen molar-refractivity contribution in [2.75, 3.05) is 20.2 Å². The van der Waals surface area contributed by atoms with Crippen LogP contribution in [0.15, 0.2) is 11.4 Å². The van der Waals surface area contributed by atoms with E-state index < -0.39 is 0 Å². The second-order valence-electron chi connectivity index (χ2n) is 5.38. The molecule has 2 heterocycles. The molecular weight excluding hydrogens is 260 g/mol. The molecule has 1 N–H and O–H groups in total. The highest BCUT2D eigenvalue weighted by Gasteiger charge is 2.32. The Morgan fingerprint density at radius 1 is 1.58 bits per heavy atom. The Kier molecular flexibility index (Phi) is 4.47. The highest BCUT2D eigenvalue weighted by atomic mass is 32.1. The van der Waals surface area contributed by atoms with Gasteiger partial charge in [0.25, 0.3) is 5.91 Å². The van der Waals surface area contributed by atoms with Crippen molar-refractivity contribution in [3.8, 4) is 5.75 Å². The van der Waals surface area contributed by atoms with Crippen LogP contribution in [0.3, 0.4) is 0 Å². The zero-order chi connectivity index (χ0) is 14.0. The lowest BCUT2D eigenvalue weighted by Gasteiger charge is -2.40. The maximum absolute atomic E-state index is 12.6. The normalized spacial score (nSPS) is 23.7. The van der Waals surface area contributed by atoms with Gasteiger partial charge in [-0.1, -0.05) is 13.8 Å². The molecule has 0 spiro atoms. The molecule has 0 saturated carbocycles. The fourth-order valence-corrected chi connectivity index (χ4v) is 3.18. The van der Waals surface area contributed by atoms with Gasteiger partial charge in [-0.25, -0.2) is 0 Å². The SMILES string of the molecule is COc1ccsc1C(=O)N1CC(C(C)C)NCC1C. The van der Waals surface area contributed by atoms with Gasteiger partial charge in [0, 0.05) is 25.2 Å². The van der Waals surface area contributed by atoms with Gasteiger partial charge in [0.2, 0.25) is 0 Å². The van der Waals surface area contributed by atoms with Crippen LogP contribution in [0.1, 0.15) is 30.4 Å². The third kappa shape index (κ3) is 2.92. The maximum atomic E-state index is 12.6. The first-order chi connectivity index (χ1) is 9.04. The molecule has 2 rings (SSSR count). The molecule has 0 aromatic carbocycles. The number of methoxy groups -OCH3 is 1. The number of nitrogens with one attached hydrogen (secondary N) is 1. The first-order valence-corrected chi connectivity index (χ1v) is 7.58. The molecule has 1 amide bonds. The first-order valence-electron chi connectivity index (χ1n) is 6.70. The summed E-state index contributed by atoms with van der Waals surface area (Å²) in [5, 5.41) is 5.41. The van der Waals surface area contributed by atoms with E-state index in [1.807, 2.05) is 16.3 Å². The first kappa shape index (κ1) is 14.3. The Morgan fingerprint density at radius 2 is 2.32 bits per heavy atom. The number of carbonyl (C=O) groups excluding carboxylic acids is 1. The van der Waals surface area contributed by atoms with Gasteiger partial charge in [-0.15, -0.1) is 11.3 Å². The molecule has 2 atom stereocenters. The van der Waals surface area contributed by atoms with Crippen molar-refractivity contribution >= 4 is 17.2 Å². The van der Waals surface area contributed by atoms with Crippen molar-refractivity contribution in [3.05, 3.63) is 16.3 Å². The Bertz CT molecular complexity index is 444. The highest BCUT2D eigenvalue weighted by Crippen LogP contribution is 2.27. The summed E-state index contributed by atoms with van der Waals surface area (Å²) in [6.45, 7) is 8.06. The van der Waals surface area contributed by atoms with Gasteiger partial charge in [0.05, 0.1) is 7.11 Å². The quantitative estimate of drug-likeness (QED) is 0.924. The van der Waals surface area contributed by atoms with Gasteiger partial charge in [0.1, 0.15) is 10.6 Å². The summed E-state index contributed by atoms with van der Waals surface area (Å²) in [6.07, 6.45) is 0. The van der Waals surface area contributed by atoms with Crippen LogP contribution in [0.25, 0.3) is 0 Å². The number of thiophene rings is 1. The lowest BCUT2D eigenvalue weighted by molar-refractivity contribution is 0.0581. The second kappa shape index (κ2) is 5.92. The number of carbonyl (C=O) groups is 1. The molecule has 106 valence electrons. The minimum atomic E-state index is 0.0894. The number of piperazine rings is 1. The molecule has 0 aliphatic carbocycles. The van der Waals surface area contributed by atoms with E-state index in [1.54, 1.807) is 7.11 Å². The third-order valence-electron chi connectivity index (χ3n) is 3.71. The molecule has 1 aromatic rings. The predicted molar refractivity (Wildman–Crippen MR) is 78.0 cm³/mol. The lowest BCUT2D eigenvalue weighted by Crippen LogP contribution is -2.58. The van der Waals surface area contributed by atoms with E-state index in [0.29, 0.717) is 22.6 Å². The molecule has 0 bridgehead atoms. The average Bonchev–Trinajstić information content (AvgIpc) is 2.86. The van der Waals surface area contributed by atoms with E-state index in [2.05, 4.69) is 26.1 Å². The summed E-state index contributed by atoms with van der Waals surface area (Å²) in [5.41, 5.74) is 0. The lowest BCUT2D eigenvalue weighted by atomic mass is 9.99. The van der Waals surface area contributed by atoms with Crippen LogP contribution in [0.5, 0.6) is 5.75 Å². The van der Waals surface area contributed by atoms with Crippen LogP contribution in [-0.2, 0) is 0 Å². The molecule has 1 aromatic heterocycles. The van der Waals surface area contributed by atoms with E-state index in [4.69, 9.17) is 4.74 Å². The minimum absolute atomic E-state index is 0.0894. The number of hydrogen-bond acceptors (Lipinski definition) is 4. The zero-order valence-corrected chi connectivity index (χ0v) is 12.8. The third-order valence-corrected chi connectivity index (χ3v) is 4.59. The van der Waals surface area contributed by atoms with Crippen molar-refractivity contribution in [2.24, 2.45) is 5.92 Å². The van der Waals surface area contributed by atoms with Crippen LogP contribution in [0.2, 0.25) is 0 Å². The van der Waals surface area contributed by atoms with Gasteiger partial charge in [-0.05, 0) is 24.3 Å². The molecule has 4 nitrogen and oxygen atoms in total. The molecule has 5 heteroatoms. The van der Waals surface area contributed by atoms with E-state index >= 15 is 0 Å². The van der Waals surface area contributed by atoms with E-state index in [-0.39, 0.29) is 11.9 Å². The van der Waals surface area contributed by atoms with Gasteiger partial charge in [0.15, 0.2) is 0 Å². The summed E-state index contributed by atoms with van der Waals surface area (Å²) < 4.78 is 5.25. The maximum Gasteiger partial charge on any atom is 0.268 e. The molecule has 1 aliphatic heterocycles. The topological polar surface area (TPSA) is 41.6 Å². The molecule has 19 heavy (non-hydrogen) atoms. The standard InChI is InChI=1S/C14H22N2O2S/c1-9(2)11-8-16(10(3)7-15-11)14(17)13-12(18-4)5-6-19-13/h5-6,9-11,15H,7-8H2,1-4H3. The highest BCUT2D eigenvalue weighted by molar-refractivity contribution is 7.12. The van der Waals surface area contributed by atoms with Crippen molar-refractivity contribution < 1.29 is 9.53 Å². The second-order valence-corrected chi connectivity index (χ2v) is 6.30. The number of amides is 1. The summed E-state index contributed by atoms with van der Waals surface area (Å²) in [4.78, 5) is 15.3. The monoisotopic (exact) mass is 282 g/mol. The van der Waals surface area contributed by atoms with Gasteiger partial charge in [-0.3, -0.25) is 4.79 Å². The Labute approximate surface area is 118 Å². The number of ether oxygens (including phenoxy) is 1. The molecule has 0 radical (unpaired) electrons. The fraction of sp³-hybridized carbons (Fsp3) is 0.643. The van der Waals surface area contributed by atoms with Crippen LogP contribution in [0, 0.1) is 5.92 Å². The summed E-state index contributed by atoms with van der Waals surface area (Å²) >= 11 is 1.45. The molecule has 1 fully saturated rings. The van der Waals surface area contributed by atoms with Crippen LogP contribution >= 0.6 is 11.3 Å². The molecule has 2 unspecified atom stereocenters. The van der Waals surface area contributed by atoms with E-state index in [1.165, 1.54) is 11.3 Å². The summed E-state index contributed by atoms with van der Waals surface area (Å²) in [5.74, 6) is 1.29. The molecule has 1 saturated heterocycles. The fourth-order valence-electron chi connectivity index (χ4n) is 2.36. The average molecular weight is 282 g/mol. The smallest absolute Gasteiger partial charge is 0.268 e. The number of hydrogen-bond donors (Lipinski definition) is 1. The Morgan fingerprint density at radius 3 is 2.95 bits per heavy atom. The Hall–Kier alpha value is -1.07. The van der Waals surface area contributed by atoms with Crippen molar-refractivity contribution in [1.29, 1.82) is 0 Å². The van der Waals surface area contributed by atoms with E-state index in [0.717, 1.165) is 13.1 Å². The van der Waals surface area contributed by atoms with Crippen molar-refractivity contribution in [2.45, 2.75) is 32.9 Å². The number of nitrogens with zero attached hydrogens (tertiary/aromatic N) is 1. The zero-order valence-electron chi connectivity index (χ0n) is 12.0. The van der Waals surface area contributed by atoms with Crippen molar-refractivity contribution in [3.63, 3.8) is 0 Å². The van der Waals surface area contributed by atoms with Crippen molar-refractivity contribution in [1.82, 2.24) is 10.2 Å². The van der Waals surface area contributed by atoms with Crippen LogP contribution in [0.4, 0.5) is 0 Å². The Balaban J connectivity index is 2.17. The van der Waals surface area contributed by atoms with Gasteiger partial charge >= 0.3 is 0 Å². The predicted octanol–water partition coefficient (Wildman–Crippen LogP) is 2.22. The summed E-state index contributed by atoms with van der Waals surface area (Å²) in [7, 11) is 1.61.